The molecular weight excluding hydrogens is 258 g/mol. The van der Waals surface area contributed by atoms with Crippen LogP contribution >= 0.6 is 0 Å². The van der Waals surface area contributed by atoms with Gasteiger partial charge in [0.15, 0.2) is 0 Å². The van der Waals surface area contributed by atoms with Crippen LogP contribution in [-0.4, -0.2) is 44.6 Å². The number of hydrogen-bond donors (Lipinski definition) is 2. The van der Waals surface area contributed by atoms with Crippen LogP contribution in [0.25, 0.3) is 0 Å². The van der Waals surface area contributed by atoms with Crippen molar-refractivity contribution >= 4 is 11.8 Å². The van der Waals surface area contributed by atoms with Crippen molar-refractivity contribution in [2.75, 3.05) is 6.54 Å². The van der Waals surface area contributed by atoms with Gasteiger partial charge in [-0.1, -0.05) is 0 Å². The summed E-state index contributed by atoms with van der Waals surface area (Å²) in [6.45, 7) is 5.59. The molecule has 0 spiro atoms. The van der Waals surface area contributed by atoms with Crippen LogP contribution < -0.4 is 11.1 Å². The topological polar surface area (TPSA) is 93.2 Å². The van der Waals surface area contributed by atoms with Gasteiger partial charge in [-0.2, -0.15) is 5.10 Å². The van der Waals surface area contributed by atoms with Crippen molar-refractivity contribution in [3.8, 4) is 0 Å². The van der Waals surface area contributed by atoms with Gasteiger partial charge in [0, 0.05) is 24.8 Å². The minimum Gasteiger partial charge on any atom is -0.326 e. The molecule has 7 heteroatoms. The lowest BCUT2D eigenvalue weighted by atomic mass is 9.91. The summed E-state index contributed by atoms with van der Waals surface area (Å²) in [7, 11) is 1.82. The molecule has 1 fully saturated rings. The highest BCUT2D eigenvalue weighted by molar-refractivity contribution is 6.03. The Morgan fingerprint density at radius 1 is 1.45 bits per heavy atom. The number of carbonyl (C=O) groups is 2. The van der Waals surface area contributed by atoms with E-state index in [1.165, 1.54) is 0 Å². The van der Waals surface area contributed by atoms with Gasteiger partial charge in [0.2, 0.25) is 11.8 Å². The molecule has 1 aromatic rings. The number of amides is 2. The Balaban J connectivity index is 2.42. The number of piperazine rings is 1. The van der Waals surface area contributed by atoms with Crippen LogP contribution in [0.15, 0.2) is 12.4 Å². The SMILES string of the molecule is CC(N)C(c1cnn(C)c1)N1CC(=O)NC(=O)C1(C)C. The molecule has 1 aliphatic rings. The fourth-order valence-corrected chi connectivity index (χ4v) is 2.61. The van der Waals surface area contributed by atoms with E-state index in [4.69, 9.17) is 5.73 Å². The summed E-state index contributed by atoms with van der Waals surface area (Å²) in [6.07, 6.45) is 3.59. The van der Waals surface area contributed by atoms with Crippen LogP contribution in [-0.2, 0) is 16.6 Å². The summed E-state index contributed by atoms with van der Waals surface area (Å²) in [4.78, 5) is 25.6. The van der Waals surface area contributed by atoms with E-state index in [0.717, 1.165) is 5.56 Å². The minimum absolute atomic E-state index is 0.139. The van der Waals surface area contributed by atoms with E-state index in [1.54, 1.807) is 24.7 Å². The molecule has 0 radical (unpaired) electrons. The molecule has 2 rings (SSSR count). The zero-order chi connectivity index (χ0) is 15.1. The van der Waals surface area contributed by atoms with Crippen LogP contribution in [0.2, 0.25) is 0 Å². The number of rotatable bonds is 3. The third kappa shape index (κ3) is 2.46. The molecule has 1 aliphatic heterocycles. The molecule has 2 heterocycles. The van der Waals surface area contributed by atoms with Gasteiger partial charge < -0.3 is 5.73 Å². The number of nitrogens with two attached hydrogens (primary N) is 1. The van der Waals surface area contributed by atoms with Crippen molar-refractivity contribution < 1.29 is 9.59 Å². The molecule has 2 atom stereocenters. The second-order valence-electron chi connectivity index (χ2n) is 5.82. The molecular formula is C13H21N5O2. The van der Waals surface area contributed by atoms with Crippen LogP contribution in [0.1, 0.15) is 32.4 Å². The Bertz CT molecular complexity index is 535. The second-order valence-corrected chi connectivity index (χ2v) is 5.82. The van der Waals surface area contributed by atoms with Gasteiger partial charge in [0.1, 0.15) is 0 Å². The van der Waals surface area contributed by atoms with Gasteiger partial charge in [-0.05, 0) is 20.8 Å². The monoisotopic (exact) mass is 279 g/mol. The fourth-order valence-electron chi connectivity index (χ4n) is 2.61. The maximum Gasteiger partial charge on any atom is 0.246 e. The van der Waals surface area contributed by atoms with Crippen molar-refractivity contribution in [1.29, 1.82) is 0 Å². The lowest BCUT2D eigenvalue weighted by Crippen LogP contribution is -2.66. The molecule has 110 valence electrons. The van der Waals surface area contributed by atoms with Gasteiger partial charge in [0.25, 0.3) is 0 Å². The first kappa shape index (κ1) is 14.7. The lowest BCUT2D eigenvalue weighted by molar-refractivity contribution is -0.147. The van der Waals surface area contributed by atoms with E-state index in [1.807, 2.05) is 25.1 Å². The lowest BCUT2D eigenvalue weighted by Gasteiger charge is -2.45. The fraction of sp³-hybridized carbons (Fsp3) is 0.615. The Labute approximate surface area is 118 Å². The second kappa shape index (κ2) is 4.99. The summed E-state index contributed by atoms with van der Waals surface area (Å²) >= 11 is 0. The van der Waals surface area contributed by atoms with Crippen LogP contribution in [0.4, 0.5) is 0 Å². The largest absolute Gasteiger partial charge is 0.326 e. The number of carbonyl (C=O) groups excluding carboxylic acids is 2. The summed E-state index contributed by atoms with van der Waals surface area (Å²) in [6, 6.07) is -0.481. The van der Waals surface area contributed by atoms with Crippen LogP contribution in [0.5, 0.6) is 0 Å². The van der Waals surface area contributed by atoms with E-state index in [2.05, 4.69) is 10.4 Å². The molecule has 0 bridgehead atoms. The first-order valence-electron chi connectivity index (χ1n) is 6.58. The predicted octanol–water partition coefficient (Wildman–Crippen LogP) is -0.455. The van der Waals surface area contributed by atoms with Gasteiger partial charge in [-0.3, -0.25) is 24.5 Å². The number of imide groups is 1. The third-order valence-electron chi connectivity index (χ3n) is 3.74. The van der Waals surface area contributed by atoms with Gasteiger partial charge in [-0.25, -0.2) is 0 Å². The Kier molecular flexibility index (Phi) is 3.66. The summed E-state index contributed by atoms with van der Waals surface area (Å²) in [5.41, 5.74) is 6.20. The molecule has 0 saturated carbocycles. The minimum atomic E-state index is -0.804. The molecule has 1 aromatic heterocycles. The average Bonchev–Trinajstić information content (AvgIpc) is 2.72. The maximum absolute atomic E-state index is 12.1. The van der Waals surface area contributed by atoms with Crippen molar-refractivity contribution in [3.05, 3.63) is 18.0 Å². The number of hydrogen-bond acceptors (Lipinski definition) is 5. The molecule has 3 N–H and O–H groups in total. The van der Waals surface area contributed by atoms with E-state index < -0.39 is 5.54 Å². The summed E-state index contributed by atoms with van der Waals surface area (Å²) in [5.74, 6) is -0.604. The Morgan fingerprint density at radius 2 is 2.10 bits per heavy atom. The standard InChI is InChI=1S/C13H21N5O2/c1-8(14)11(9-5-15-17(4)6-9)18-7-10(19)16-12(20)13(18,2)3/h5-6,8,11H,7,14H2,1-4H3,(H,16,19,20). The zero-order valence-corrected chi connectivity index (χ0v) is 12.3. The number of nitrogens with one attached hydrogen (secondary N) is 1. The van der Waals surface area contributed by atoms with Crippen LogP contribution in [0, 0.1) is 0 Å². The van der Waals surface area contributed by atoms with Crippen molar-refractivity contribution in [1.82, 2.24) is 20.0 Å². The smallest absolute Gasteiger partial charge is 0.246 e. The molecule has 7 nitrogen and oxygen atoms in total. The van der Waals surface area contributed by atoms with E-state index >= 15 is 0 Å². The molecule has 20 heavy (non-hydrogen) atoms. The molecule has 0 aromatic carbocycles. The maximum atomic E-state index is 12.1. The number of aryl methyl sites for hydroxylation is 1. The number of nitrogens with zero attached hydrogens (tertiary/aromatic N) is 3. The molecule has 0 aliphatic carbocycles. The highest BCUT2D eigenvalue weighted by Crippen LogP contribution is 2.31. The normalized spacial score (nSPS) is 22.4. The van der Waals surface area contributed by atoms with Gasteiger partial charge >= 0.3 is 0 Å². The quantitative estimate of drug-likeness (QED) is 0.731. The van der Waals surface area contributed by atoms with Crippen molar-refractivity contribution in [2.24, 2.45) is 12.8 Å². The zero-order valence-electron chi connectivity index (χ0n) is 12.3. The van der Waals surface area contributed by atoms with Crippen LogP contribution in [0.3, 0.4) is 0 Å². The first-order chi connectivity index (χ1) is 9.23. The Hall–Kier alpha value is -1.73. The average molecular weight is 279 g/mol. The highest BCUT2D eigenvalue weighted by atomic mass is 16.2. The van der Waals surface area contributed by atoms with Gasteiger partial charge in [0.05, 0.1) is 24.3 Å². The summed E-state index contributed by atoms with van der Waals surface area (Å²) in [5, 5.41) is 6.52. The van der Waals surface area contributed by atoms with E-state index in [9.17, 15) is 9.59 Å². The third-order valence-corrected chi connectivity index (χ3v) is 3.74. The van der Waals surface area contributed by atoms with Gasteiger partial charge in [-0.15, -0.1) is 0 Å². The molecule has 1 saturated heterocycles. The number of aromatic nitrogens is 2. The van der Waals surface area contributed by atoms with E-state index in [0.29, 0.717) is 0 Å². The van der Waals surface area contributed by atoms with E-state index in [-0.39, 0.29) is 30.4 Å². The first-order valence-corrected chi connectivity index (χ1v) is 6.58. The predicted molar refractivity (Wildman–Crippen MR) is 73.5 cm³/mol. The Morgan fingerprint density at radius 3 is 2.60 bits per heavy atom. The molecule has 2 unspecified atom stereocenters. The highest BCUT2D eigenvalue weighted by Gasteiger charge is 2.45. The molecule has 2 amide bonds. The van der Waals surface area contributed by atoms with Crippen molar-refractivity contribution in [2.45, 2.75) is 38.4 Å². The van der Waals surface area contributed by atoms with Crippen molar-refractivity contribution in [3.63, 3.8) is 0 Å². The summed E-state index contributed by atoms with van der Waals surface area (Å²) < 4.78 is 1.68.